The predicted octanol–water partition coefficient (Wildman–Crippen LogP) is 3.62. The van der Waals surface area contributed by atoms with Gasteiger partial charge in [0.25, 0.3) is 0 Å². The zero-order valence-electron chi connectivity index (χ0n) is 14.9. The Balaban J connectivity index is 1.53. The largest absolute Gasteiger partial charge is 0.486 e. The molecule has 0 radical (unpaired) electrons. The normalized spacial score (nSPS) is 15.7. The van der Waals surface area contributed by atoms with Crippen LogP contribution in [0.1, 0.15) is 24.5 Å². The molecule has 0 aliphatic carbocycles. The van der Waals surface area contributed by atoms with Crippen LogP contribution in [0.4, 0.5) is 0 Å². The number of likely N-dealkylation sites (N-methyl/N-ethyl adjacent to an activating group) is 1. The first-order valence-electron chi connectivity index (χ1n) is 8.87. The minimum Gasteiger partial charge on any atom is -0.486 e. The van der Waals surface area contributed by atoms with Gasteiger partial charge in [0.2, 0.25) is 5.91 Å². The van der Waals surface area contributed by atoms with Gasteiger partial charge in [-0.15, -0.1) is 0 Å². The highest BCUT2D eigenvalue weighted by Crippen LogP contribution is 2.31. The zero-order valence-corrected chi connectivity index (χ0v) is 14.9. The monoisotopic (exact) mass is 339 g/mol. The lowest BCUT2D eigenvalue weighted by atomic mass is 10.1. The molecule has 1 aliphatic heterocycles. The summed E-state index contributed by atoms with van der Waals surface area (Å²) < 4.78 is 11.7. The van der Waals surface area contributed by atoms with Gasteiger partial charge in [-0.3, -0.25) is 4.79 Å². The van der Waals surface area contributed by atoms with E-state index in [1.807, 2.05) is 36.1 Å². The van der Waals surface area contributed by atoms with Crippen molar-refractivity contribution in [1.29, 1.82) is 0 Å². The molecule has 0 spiro atoms. The first-order chi connectivity index (χ1) is 12.2. The summed E-state index contributed by atoms with van der Waals surface area (Å²) in [5.74, 6) is 1.68. The van der Waals surface area contributed by atoms with Crippen LogP contribution in [-0.2, 0) is 11.2 Å². The van der Waals surface area contributed by atoms with Gasteiger partial charge in [-0.2, -0.15) is 0 Å². The summed E-state index contributed by atoms with van der Waals surface area (Å²) >= 11 is 0. The summed E-state index contributed by atoms with van der Waals surface area (Å²) in [4.78, 5) is 14.4. The Kier molecular flexibility index (Phi) is 5.59. The van der Waals surface area contributed by atoms with Crippen molar-refractivity contribution >= 4 is 5.91 Å². The molecule has 4 heteroatoms. The summed E-state index contributed by atoms with van der Waals surface area (Å²) in [5, 5.41) is 0. The molecule has 0 saturated heterocycles. The molecule has 1 amide bonds. The van der Waals surface area contributed by atoms with Crippen LogP contribution in [0.5, 0.6) is 11.5 Å². The lowest BCUT2D eigenvalue weighted by molar-refractivity contribution is -0.132. The molecule has 0 N–H and O–H groups in total. The minimum atomic E-state index is -0.127. The van der Waals surface area contributed by atoms with Gasteiger partial charge in [0.15, 0.2) is 17.6 Å². The van der Waals surface area contributed by atoms with Crippen molar-refractivity contribution in [2.24, 2.45) is 0 Å². The van der Waals surface area contributed by atoms with Gasteiger partial charge in [-0.1, -0.05) is 42.0 Å². The SMILES string of the molecule is CCN(CC1COc2ccccc2O1)C(=O)CCc1ccc(C)cc1. The van der Waals surface area contributed by atoms with Crippen molar-refractivity contribution < 1.29 is 14.3 Å². The predicted molar refractivity (Wildman–Crippen MR) is 98.1 cm³/mol. The molecule has 1 atom stereocenters. The van der Waals surface area contributed by atoms with Crippen molar-refractivity contribution in [3.8, 4) is 11.5 Å². The van der Waals surface area contributed by atoms with Crippen LogP contribution < -0.4 is 9.47 Å². The lowest BCUT2D eigenvalue weighted by Gasteiger charge is -2.31. The Morgan fingerprint density at radius 2 is 1.84 bits per heavy atom. The summed E-state index contributed by atoms with van der Waals surface area (Å²) in [5.41, 5.74) is 2.43. The molecule has 0 aromatic heterocycles. The summed E-state index contributed by atoms with van der Waals surface area (Å²) in [6, 6.07) is 16.0. The summed E-state index contributed by atoms with van der Waals surface area (Å²) in [6.07, 6.45) is 1.15. The molecule has 2 aromatic carbocycles. The van der Waals surface area contributed by atoms with Gasteiger partial charge in [0.1, 0.15) is 6.61 Å². The molecule has 0 saturated carbocycles. The number of rotatable bonds is 6. The molecule has 2 aromatic rings. The van der Waals surface area contributed by atoms with E-state index in [4.69, 9.17) is 9.47 Å². The van der Waals surface area contributed by atoms with E-state index in [1.54, 1.807) is 0 Å². The third kappa shape index (κ3) is 4.53. The van der Waals surface area contributed by atoms with E-state index in [1.165, 1.54) is 11.1 Å². The van der Waals surface area contributed by atoms with Crippen LogP contribution in [0, 0.1) is 6.92 Å². The molecule has 1 aliphatic rings. The Bertz CT molecular complexity index is 711. The Labute approximate surface area is 149 Å². The van der Waals surface area contributed by atoms with Crippen molar-refractivity contribution in [3.63, 3.8) is 0 Å². The molecular weight excluding hydrogens is 314 g/mol. The average Bonchev–Trinajstić information content (AvgIpc) is 2.65. The van der Waals surface area contributed by atoms with E-state index in [2.05, 4.69) is 31.2 Å². The highest BCUT2D eigenvalue weighted by molar-refractivity contribution is 5.76. The van der Waals surface area contributed by atoms with Crippen molar-refractivity contribution in [3.05, 3.63) is 59.7 Å². The van der Waals surface area contributed by atoms with Gasteiger partial charge >= 0.3 is 0 Å². The van der Waals surface area contributed by atoms with Gasteiger partial charge in [0, 0.05) is 13.0 Å². The second kappa shape index (κ2) is 8.06. The van der Waals surface area contributed by atoms with Crippen LogP contribution in [0.2, 0.25) is 0 Å². The molecule has 0 bridgehead atoms. The molecule has 1 unspecified atom stereocenters. The molecule has 132 valence electrons. The van der Waals surface area contributed by atoms with E-state index in [-0.39, 0.29) is 12.0 Å². The fraction of sp³-hybridized carbons (Fsp3) is 0.381. The van der Waals surface area contributed by atoms with E-state index in [0.717, 1.165) is 17.9 Å². The lowest BCUT2D eigenvalue weighted by Crippen LogP contribution is -2.43. The highest BCUT2D eigenvalue weighted by Gasteiger charge is 2.24. The smallest absolute Gasteiger partial charge is 0.223 e. The van der Waals surface area contributed by atoms with Gasteiger partial charge in [-0.25, -0.2) is 0 Å². The minimum absolute atomic E-state index is 0.127. The number of hydrogen-bond donors (Lipinski definition) is 0. The van der Waals surface area contributed by atoms with E-state index in [0.29, 0.717) is 26.1 Å². The Hall–Kier alpha value is -2.49. The number of nitrogens with zero attached hydrogens (tertiary/aromatic N) is 1. The third-order valence-corrected chi connectivity index (χ3v) is 4.47. The van der Waals surface area contributed by atoms with E-state index in [9.17, 15) is 4.79 Å². The first-order valence-corrected chi connectivity index (χ1v) is 8.87. The van der Waals surface area contributed by atoms with Crippen LogP contribution in [0.3, 0.4) is 0 Å². The zero-order chi connectivity index (χ0) is 17.6. The molecule has 3 rings (SSSR count). The molecule has 25 heavy (non-hydrogen) atoms. The second-order valence-electron chi connectivity index (χ2n) is 6.42. The number of aryl methyl sites for hydroxylation is 2. The van der Waals surface area contributed by atoms with Crippen LogP contribution >= 0.6 is 0 Å². The first kappa shape index (κ1) is 17.3. The summed E-state index contributed by atoms with van der Waals surface area (Å²) in [7, 11) is 0. The highest BCUT2D eigenvalue weighted by atomic mass is 16.6. The fourth-order valence-electron chi connectivity index (χ4n) is 2.97. The van der Waals surface area contributed by atoms with Gasteiger partial charge in [-0.05, 0) is 38.0 Å². The number of ether oxygens (including phenoxy) is 2. The van der Waals surface area contributed by atoms with Crippen LogP contribution in [-0.4, -0.2) is 36.6 Å². The number of amides is 1. The third-order valence-electron chi connectivity index (χ3n) is 4.47. The number of para-hydroxylation sites is 2. The number of hydrogen-bond acceptors (Lipinski definition) is 3. The van der Waals surface area contributed by atoms with Crippen LogP contribution in [0.25, 0.3) is 0 Å². The van der Waals surface area contributed by atoms with Crippen molar-refractivity contribution in [1.82, 2.24) is 4.90 Å². The van der Waals surface area contributed by atoms with Crippen molar-refractivity contribution in [2.45, 2.75) is 32.8 Å². The molecular formula is C21H25NO3. The van der Waals surface area contributed by atoms with E-state index < -0.39 is 0 Å². The standard InChI is InChI=1S/C21H25NO3/c1-3-22(21(23)13-12-17-10-8-16(2)9-11-17)14-18-15-24-19-6-4-5-7-20(19)25-18/h4-11,18H,3,12-15H2,1-2H3. The van der Waals surface area contributed by atoms with Crippen molar-refractivity contribution in [2.75, 3.05) is 19.7 Å². The number of carbonyl (C=O) groups is 1. The molecule has 1 heterocycles. The van der Waals surface area contributed by atoms with Gasteiger partial charge < -0.3 is 14.4 Å². The quantitative estimate of drug-likeness (QED) is 0.807. The second-order valence-corrected chi connectivity index (χ2v) is 6.42. The number of fused-ring (bicyclic) bond motifs is 1. The number of carbonyl (C=O) groups excluding carboxylic acids is 1. The molecule has 4 nitrogen and oxygen atoms in total. The summed E-state index contributed by atoms with van der Waals surface area (Å²) in [6.45, 7) is 5.77. The topological polar surface area (TPSA) is 38.8 Å². The van der Waals surface area contributed by atoms with E-state index >= 15 is 0 Å². The van der Waals surface area contributed by atoms with Gasteiger partial charge in [0.05, 0.1) is 6.54 Å². The Morgan fingerprint density at radius 1 is 1.12 bits per heavy atom. The molecule has 0 fully saturated rings. The Morgan fingerprint density at radius 3 is 2.56 bits per heavy atom. The fourth-order valence-corrected chi connectivity index (χ4v) is 2.97. The maximum atomic E-state index is 12.6. The number of benzene rings is 2. The maximum Gasteiger partial charge on any atom is 0.223 e. The maximum absolute atomic E-state index is 12.6. The van der Waals surface area contributed by atoms with Crippen LogP contribution in [0.15, 0.2) is 48.5 Å². The average molecular weight is 339 g/mol.